The number of hydrogen-bond acceptors (Lipinski definition) is 4. The number of carboxylic acid groups (broad SMARTS) is 1. The zero-order valence-electron chi connectivity index (χ0n) is 11.0. The Balaban J connectivity index is 2.44. The van der Waals surface area contributed by atoms with Gasteiger partial charge in [-0.3, -0.25) is 14.4 Å². The van der Waals surface area contributed by atoms with Crippen molar-refractivity contribution in [2.24, 2.45) is 0 Å². The van der Waals surface area contributed by atoms with Gasteiger partial charge in [-0.25, -0.2) is 0 Å². The number of rotatable bonds is 3. The van der Waals surface area contributed by atoms with E-state index in [-0.39, 0.29) is 11.5 Å². The van der Waals surface area contributed by atoms with Crippen molar-refractivity contribution < 1.29 is 24.6 Å². The van der Waals surface area contributed by atoms with Gasteiger partial charge in [-0.1, -0.05) is 0 Å². The summed E-state index contributed by atoms with van der Waals surface area (Å²) in [6, 6.07) is 3.18. The summed E-state index contributed by atoms with van der Waals surface area (Å²) in [5, 5.41) is 20.8. The van der Waals surface area contributed by atoms with Gasteiger partial charge < -0.3 is 20.1 Å². The van der Waals surface area contributed by atoms with Gasteiger partial charge >= 0.3 is 5.97 Å². The number of hydrogen-bond donors (Lipinski definition) is 3. The molecule has 1 aliphatic rings. The zero-order valence-corrected chi connectivity index (χ0v) is 11.0. The van der Waals surface area contributed by atoms with E-state index in [0.29, 0.717) is 0 Å². The zero-order chi connectivity index (χ0) is 15.1. The molecule has 1 aromatic rings. The van der Waals surface area contributed by atoms with E-state index in [9.17, 15) is 19.5 Å². The Morgan fingerprint density at radius 1 is 1.40 bits per heavy atom. The van der Waals surface area contributed by atoms with E-state index in [1.165, 1.54) is 0 Å². The number of nitrogens with zero attached hydrogens (tertiary/aromatic N) is 1. The fraction of sp³-hybridized carbons (Fsp3) is 0.308. The maximum Gasteiger partial charge on any atom is 0.322 e. The van der Waals surface area contributed by atoms with E-state index >= 15 is 0 Å². The maximum absolute atomic E-state index is 12.2. The number of fused-ring (bicyclic) bond motifs is 1. The molecule has 0 saturated heterocycles. The highest BCUT2D eigenvalue weighted by atomic mass is 16.4. The molecule has 0 spiro atoms. The van der Waals surface area contributed by atoms with Crippen LogP contribution in [-0.4, -0.2) is 39.0 Å². The molecule has 0 atom stereocenters. The molecule has 1 amide bonds. The molecular formula is C13H14N2O5. The molecule has 0 aromatic carbocycles. The summed E-state index contributed by atoms with van der Waals surface area (Å²) in [4.78, 5) is 34.6. The third kappa shape index (κ3) is 1.97. The number of aromatic nitrogens is 1. The van der Waals surface area contributed by atoms with Crippen LogP contribution in [0.25, 0.3) is 0 Å². The molecule has 0 unspecified atom stereocenters. The Kier molecular flexibility index (Phi) is 3.13. The van der Waals surface area contributed by atoms with Gasteiger partial charge in [-0.05, 0) is 26.0 Å². The largest absolute Gasteiger partial charge is 0.509 e. The van der Waals surface area contributed by atoms with Crippen molar-refractivity contribution in [2.45, 2.75) is 19.4 Å². The summed E-state index contributed by atoms with van der Waals surface area (Å²) in [5.74, 6) is -3.14. The molecule has 1 aliphatic heterocycles. The minimum Gasteiger partial charge on any atom is -0.509 e. The SMILES string of the molecule is CC1(C)C(O)=C(C(=O)NCC(=O)O)C(=O)c2cccn21. The molecule has 0 radical (unpaired) electrons. The number of amides is 1. The van der Waals surface area contributed by atoms with Crippen molar-refractivity contribution in [3.05, 3.63) is 35.4 Å². The van der Waals surface area contributed by atoms with Crippen molar-refractivity contribution in [1.82, 2.24) is 9.88 Å². The average molecular weight is 278 g/mol. The molecule has 1 aromatic heterocycles. The van der Waals surface area contributed by atoms with Crippen molar-refractivity contribution in [2.75, 3.05) is 6.54 Å². The van der Waals surface area contributed by atoms with Crippen LogP contribution in [0.2, 0.25) is 0 Å². The van der Waals surface area contributed by atoms with Crippen molar-refractivity contribution in [3.63, 3.8) is 0 Å². The first-order chi connectivity index (χ1) is 9.26. The lowest BCUT2D eigenvalue weighted by Gasteiger charge is -2.33. The number of ketones is 1. The highest BCUT2D eigenvalue weighted by Gasteiger charge is 2.41. The van der Waals surface area contributed by atoms with Crippen LogP contribution in [0.1, 0.15) is 24.3 Å². The van der Waals surface area contributed by atoms with Crippen molar-refractivity contribution >= 4 is 17.7 Å². The Labute approximate surface area is 114 Å². The minimum absolute atomic E-state index is 0.272. The van der Waals surface area contributed by atoms with Crippen molar-refractivity contribution in [3.8, 4) is 0 Å². The number of carboxylic acids is 1. The van der Waals surface area contributed by atoms with Gasteiger partial charge in [-0.15, -0.1) is 0 Å². The van der Waals surface area contributed by atoms with Crippen LogP contribution >= 0.6 is 0 Å². The van der Waals surface area contributed by atoms with Gasteiger partial charge in [0.05, 0.1) is 11.2 Å². The Hall–Kier alpha value is -2.57. The lowest BCUT2D eigenvalue weighted by atomic mass is 9.90. The summed E-state index contributed by atoms with van der Waals surface area (Å²) in [6.45, 7) is 2.69. The van der Waals surface area contributed by atoms with Crippen LogP contribution in [0.5, 0.6) is 0 Å². The number of aliphatic hydroxyl groups excluding tert-OH is 1. The summed E-state index contributed by atoms with van der Waals surface area (Å²) < 4.78 is 1.57. The van der Waals surface area contributed by atoms with Crippen LogP contribution in [-0.2, 0) is 15.1 Å². The van der Waals surface area contributed by atoms with Gasteiger partial charge in [0, 0.05) is 6.20 Å². The quantitative estimate of drug-likeness (QED) is 0.695. The molecule has 0 fully saturated rings. The third-order valence-corrected chi connectivity index (χ3v) is 3.25. The normalized spacial score (nSPS) is 16.8. The molecule has 106 valence electrons. The van der Waals surface area contributed by atoms with E-state index in [1.54, 1.807) is 36.7 Å². The van der Waals surface area contributed by atoms with E-state index in [2.05, 4.69) is 5.32 Å². The molecule has 0 saturated carbocycles. The molecule has 7 heteroatoms. The summed E-state index contributed by atoms with van der Waals surface area (Å²) >= 11 is 0. The first-order valence-electron chi connectivity index (χ1n) is 5.93. The van der Waals surface area contributed by atoms with Crippen LogP contribution in [0.3, 0.4) is 0 Å². The van der Waals surface area contributed by atoms with Crippen LogP contribution in [0.4, 0.5) is 0 Å². The molecule has 2 heterocycles. The van der Waals surface area contributed by atoms with Gasteiger partial charge in [-0.2, -0.15) is 0 Å². The predicted molar refractivity (Wildman–Crippen MR) is 68.4 cm³/mol. The van der Waals surface area contributed by atoms with Gasteiger partial charge in [0.15, 0.2) is 0 Å². The van der Waals surface area contributed by atoms with Gasteiger partial charge in [0.2, 0.25) is 5.78 Å². The van der Waals surface area contributed by atoms with Crippen LogP contribution in [0.15, 0.2) is 29.7 Å². The first-order valence-corrected chi connectivity index (χ1v) is 5.93. The Bertz CT molecular complexity index is 639. The number of aliphatic hydroxyl groups is 1. The molecule has 3 N–H and O–H groups in total. The molecule has 20 heavy (non-hydrogen) atoms. The summed E-state index contributed by atoms with van der Waals surface area (Å²) in [5.41, 5.74) is -1.10. The van der Waals surface area contributed by atoms with E-state index < -0.39 is 35.3 Å². The minimum atomic E-state index is -1.23. The molecule has 7 nitrogen and oxygen atoms in total. The molecular weight excluding hydrogens is 264 g/mol. The van der Waals surface area contributed by atoms with E-state index in [1.807, 2.05) is 0 Å². The number of Topliss-reactive ketones (excluding diaryl/α,β-unsaturated/α-hetero) is 1. The maximum atomic E-state index is 12.2. The highest BCUT2D eigenvalue weighted by molar-refractivity contribution is 6.26. The smallest absolute Gasteiger partial charge is 0.322 e. The van der Waals surface area contributed by atoms with E-state index in [0.717, 1.165) is 0 Å². The standard InChI is InChI=1S/C13H14N2O5/c1-13(2)11(19)9(12(20)14-6-8(16)17)10(18)7-4-3-5-15(7)13/h3-5,19H,6H2,1-2H3,(H,14,20)(H,16,17). The fourth-order valence-corrected chi connectivity index (χ4v) is 2.16. The number of carbonyl (C=O) groups excluding carboxylic acids is 2. The summed E-state index contributed by atoms with van der Waals surface area (Å²) in [6.07, 6.45) is 1.63. The molecule has 0 aliphatic carbocycles. The van der Waals surface area contributed by atoms with Gasteiger partial charge in [0.25, 0.3) is 5.91 Å². The Morgan fingerprint density at radius 3 is 2.65 bits per heavy atom. The number of allylic oxidation sites excluding steroid dienone is 1. The predicted octanol–water partition coefficient (Wildman–Crippen LogP) is 0.432. The summed E-state index contributed by atoms with van der Waals surface area (Å²) in [7, 11) is 0. The second kappa shape index (κ2) is 4.52. The second-order valence-corrected chi connectivity index (χ2v) is 4.95. The highest BCUT2D eigenvalue weighted by Crippen LogP contribution is 2.34. The molecule has 0 bridgehead atoms. The fourth-order valence-electron chi connectivity index (χ4n) is 2.16. The van der Waals surface area contributed by atoms with Gasteiger partial charge in [0.1, 0.15) is 17.9 Å². The third-order valence-electron chi connectivity index (χ3n) is 3.25. The van der Waals surface area contributed by atoms with Crippen LogP contribution < -0.4 is 5.32 Å². The van der Waals surface area contributed by atoms with Crippen molar-refractivity contribution in [1.29, 1.82) is 0 Å². The Morgan fingerprint density at radius 2 is 2.05 bits per heavy atom. The number of nitrogens with one attached hydrogen (secondary N) is 1. The lowest BCUT2D eigenvalue weighted by molar-refractivity contribution is -0.137. The molecule has 2 rings (SSSR count). The number of carbonyl (C=O) groups is 3. The number of aliphatic carboxylic acids is 1. The topological polar surface area (TPSA) is 109 Å². The first kappa shape index (κ1) is 13.9. The lowest BCUT2D eigenvalue weighted by Crippen LogP contribution is -2.42. The average Bonchev–Trinajstić information content (AvgIpc) is 2.85. The van der Waals surface area contributed by atoms with Crippen LogP contribution in [0, 0.1) is 0 Å². The monoisotopic (exact) mass is 278 g/mol. The van der Waals surface area contributed by atoms with E-state index in [4.69, 9.17) is 5.11 Å². The second-order valence-electron chi connectivity index (χ2n) is 4.95.